The summed E-state index contributed by atoms with van der Waals surface area (Å²) in [6.45, 7) is 1.96. The normalized spacial score (nSPS) is 11.1. The number of nitrogens with one attached hydrogen (secondary N) is 1. The average Bonchev–Trinajstić information content (AvgIpc) is 3.03. The Hall–Kier alpha value is -3.00. The molecule has 3 rings (SSSR count). The number of hydrogen-bond acceptors (Lipinski definition) is 2. The summed E-state index contributed by atoms with van der Waals surface area (Å²) in [6.07, 6.45) is 3.43. The minimum Gasteiger partial charge on any atom is -0.321 e. The van der Waals surface area contributed by atoms with Crippen LogP contribution in [-0.4, -0.2) is 10.5 Å². The molecular weight excluding hydrogens is 381 g/mol. The van der Waals surface area contributed by atoms with Gasteiger partial charge in [0.1, 0.15) is 11.6 Å². The molecule has 0 aliphatic heterocycles. The topological polar surface area (TPSA) is 57.8 Å². The Labute approximate surface area is 167 Å². The maximum Gasteiger partial charge on any atom is 0.266 e. The average molecular weight is 396 g/mol. The van der Waals surface area contributed by atoms with Crippen LogP contribution in [0, 0.1) is 18.3 Å². The van der Waals surface area contributed by atoms with Crippen LogP contribution >= 0.6 is 23.2 Å². The van der Waals surface area contributed by atoms with Gasteiger partial charge in [-0.1, -0.05) is 41.4 Å². The van der Waals surface area contributed by atoms with Crippen molar-refractivity contribution in [2.45, 2.75) is 6.92 Å². The summed E-state index contributed by atoms with van der Waals surface area (Å²) < 4.78 is 1.99. The van der Waals surface area contributed by atoms with E-state index in [0.29, 0.717) is 15.7 Å². The molecule has 1 heterocycles. The van der Waals surface area contributed by atoms with Gasteiger partial charge >= 0.3 is 0 Å². The summed E-state index contributed by atoms with van der Waals surface area (Å²) in [6, 6.07) is 18.4. The number of aryl methyl sites for hydroxylation is 1. The van der Waals surface area contributed by atoms with Crippen LogP contribution in [0.2, 0.25) is 10.0 Å². The molecular formula is C21H15Cl2N3O. The largest absolute Gasteiger partial charge is 0.321 e. The van der Waals surface area contributed by atoms with E-state index in [0.717, 1.165) is 16.9 Å². The zero-order valence-corrected chi connectivity index (χ0v) is 15.9. The van der Waals surface area contributed by atoms with Crippen LogP contribution < -0.4 is 5.32 Å². The fourth-order valence-electron chi connectivity index (χ4n) is 2.64. The number of aromatic nitrogens is 1. The highest BCUT2D eigenvalue weighted by atomic mass is 35.5. The second kappa shape index (κ2) is 8.13. The first-order chi connectivity index (χ1) is 13.0. The summed E-state index contributed by atoms with van der Waals surface area (Å²) in [5.74, 6) is -0.535. The number of nitriles is 1. The number of anilines is 1. The molecule has 0 saturated carbocycles. The third kappa shape index (κ3) is 4.40. The molecule has 0 aliphatic rings. The van der Waals surface area contributed by atoms with Crippen LogP contribution in [0.3, 0.4) is 0 Å². The quantitative estimate of drug-likeness (QED) is 0.459. The molecule has 1 amide bonds. The zero-order valence-electron chi connectivity index (χ0n) is 14.4. The number of carbonyl (C=O) groups excluding carboxylic acids is 1. The Morgan fingerprint density at radius 3 is 2.56 bits per heavy atom. The first-order valence-corrected chi connectivity index (χ1v) is 8.86. The predicted octanol–water partition coefficient (Wildman–Crippen LogP) is 5.64. The molecule has 1 aromatic heterocycles. The molecule has 27 heavy (non-hydrogen) atoms. The lowest BCUT2D eigenvalue weighted by atomic mass is 10.2. The molecule has 0 spiro atoms. The minimum absolute atomic E-state index is 0.0220. The van der Waals surface area contributed by atoms with Gasteiger partial charge in [0.05, 0.1) is 10.7 Å². The van der Waals surface area contributed by atoms with Gasteiger partial charge in [0, 0.05) is 22.6 Å². The lowest BCUT2D eigenvalue weighted by molar-refractivity contribution is -0.112. The van der Waals surface area contributed by atoms with Crippen LogP contribution in [0.1, 0.15) is 11.3 Å². The summed E-state index contributed by atoms with van der Waals surface area (Å²) in [5, 5.41) is 12.8. The Balaban J connectivity index is 1.86. The lowest BCUT2D eigenvalue weighted by Gasteiger charge is -2.06. The number of rotatable bonds is 4. The number of nitrogens with zero attached hydrogens (tertiary/aromatic N) is 2. The van der Waals surface area contributed by atoms with Crippen molar-refractivity contribution >= 4 is 40.9 Å². The van der Waals surface area contributed by atoms with Gasteiger partial charge in [0.25, 0.3) is 5.91 Å². The van der Waals surface area contributed by atoms with Crippen LogP contribution in [-0.2, 0) is 4.79 Å². The second-order valence-electron chi connectivity index (χ2n) is 5.87. The van der Waals surface area contributed by atoms with Gasteiger partial charge in [-0.3, -0.25) is 4.79 Å². The minimum atomic E-state index is -0.535. The van der Waals surface area contributed by atoms with Crippen molar-refractivity contribution in [2.75, 3.05) is 5.32 Å². The summed E-state index contributed by atoms with van der Waals surface area (Å²) in [5.41, 5.74) is 3.12. The monoisotopic (exact) mass is 395 g/mol. The van der Waals surface area contributed by atoms with Crippen molar-refractivity contribution in [2.24, 2.45) is 0 Å². The number of amides is 1. The van der Waals surface area contributed by atoms with Gasteiger partial charge in [0.2, 0.25) is 0 Å². The summed E-state index contributed by atoms with van der Waals surface area (Å²) >= 11 is 11.9. The number of carbonyl (C=O) groups is 1. The van der Waals surface area contributed by atoms with E-state index in [4.69, 9.17) is 23.2 Å². The highest BCUT2D eigenvalue weighted by Gasteiger charge is 2.13. The maximum absolute atomic E-state index is 12.4. The van der Waals surface area contributed by atoms with E-state index in [1.165, 1.54) is 6.07 Å². The number of hydrogen-bond donors (Lipinski definition) is 1. The molecule has 0 bridgehead atoms. The van der Waals surface area contributed by atoms with E-state index >= 15 is 0 Å². The van der Waals surface area contributed by atoms with Crippen molar-refractivity contribution < 1.29 is 4.79 Å². The third-order valence-corrected chi connectivity index (χ3v) is 4.47. The second-order valence-corrected chi connectivity index (χ2v) is 6.71. The SMILES string of the molecule is Cc1cc(/C=C(\C#N)C(=O)Nc2ccc(Cl)cc2Cl)cn1-c1ccccc1. The molecule has 3 aromatic rings. The highest BCUT2D eigenvalue weighted by Crippen LogP contribution is 2.26. The summed E-state index contributed by atoms with van der Waals surface area (Å²) in [7, 11) is 0. The fourth-order valence-corrected chi connectivity index (χ4v) is 3.10. The number of halogens is 2. The maximum atomic E-state index is 12.4. The van der Waals surface area contributed by atoms with E-state index in [2.05, 4.69) is 5.32 Å². The van der Waals surface area contributed by atoms with Gasteiger partial charge in [-0.15, -0.1) is 0 Å². The Kier molecular flexibility index (Phi) is 5.66. The Morgan fingerprint density at radius 1 is 1.15 bits per heavy atom. The molecule has 0 saturated heterocycles. The van der Waals surface area contributed by atoms with Gasteiger partial charge in [0.15, 0.2) is 0 Å². The molecule has 0 aliphatic carbocycles. The lowest BCUT2D eigenvalue weighted by Crippen LogP contribution is -2.13. The number of benzene rings is 2. The van der Waals surface area contributed by atoms with E-state index in [1.54, 1.807) is 18.2 Å². The molecule has 6 heteroatoms. The Morgan fingerprint density at radius 2 is 1.89 bits per heavy atom. The predicted molar refractivity (Wildman–Crippen MR) is 109 cm³/mol. The molecule has 4 nitrogen and oxygen atoms in total. The molecule has 1 N–H and O–H groups in total. The van der Waals surface area contributed by atoms with Crippen molar-refractivity contribution in [3.05, 3.63) is 87.7 Å². The molecule has 134 valence electrons. The van der Waals surface area contributed by atoms with Crippen LogP contribution in [0.4, 0.5) is 5.69 Å². The van der Waals surface area contributed by atoms with Crippen LogP contribution in [0.5, 0.6) is 0 Å². The van der Waals surface area contributed by atoms with E-state index < -0.39 is 5.91 Å². The van der Waals surface area contributed by atoms with E-state index in [-0.39, 0.29) is 5.57 Å². The molecule has 0 atom stereocenters. The van der Waals surface area contributed by atoms with Crippen molar-refractivity contribution in [1.82, 2.24) is 4.57 Å². The van der Waals surface area contributed by atoms with Gasteiger partial charge in [-0.05, 0) is 55.0 Å². The van der Waals surface area contributed by atoms with Crippen molar-refractivity contribution in [1.29, 1.82) is 5.26 Å². The fraction of sp³-hybridized carbons (Fsp3) is 0.0476. The molecule has 2 aromatic carbocycles. The van der Waals surface area contributed by atoms with Crippen LogP contribution in [0.25, 0.3) is 11.8 Å². The Bertz CT molecular complexity index is 1060. The smallest absolute Gasteiger partial charge is 0.266 e. The van der Waals surface area contributed by atoms with Crippen LogP contribution in [0.15, 0.2) is 66.4 Å². The van der Waals surface area contributed by atoms with Gasteiger partial charge in [-0.2, -0.15) is 5.26 Å². The highest BCUT2D eigenvalue weighted by molar-refractivity contribution is 6.36. The molecule has 0 radical (unpaired) electrons. The van der Waals surface area contributed by atoms with Gasteiger partial charge in [-0.25, -0.2) is 0 Å². The third-order valence-electron chi connectivity index (χ3n) is 3.92. The van der Waals surface area contributed by atoms with Crippen molar-refractivity contribution in [3.8, 4) is 11.8 Å². The molecule has 0 fully saturated rings. The first kappa shape index (κ1) is 18.8. The molecule has 0 unspecified atom stereocenters. The van der Waals surface area contributed by atoms with E-state index in [9.17, 15) is 10.1 Å². The number of para-hydroxylation sites is 1. The van der Waals surface area contributed by atoms with Gasteiger partial charge < -0.3 is 9.88 Å². The van der Waals surface area contributed by atoms with Crippen molar-refractivity contribution in [3.63, 3.8) is 0 Å². The summed E-state index contributed by atoms with van der Waals surface area (Å²) in [4.78, 5) is 12.4. The standard InChI is InChI=1S/C21H15Cl2N3O/c1-14-9-15(13-26(14)18-5-3-2-4-6-18)10-16(12-24)21(27)25-20-8-7-17(22)11-19(20)23/h2-11,13H,1H3,(H,25,27)/b16-10+. The first-order valence-electron chi connectivity index (χ1n) is 8.10. The zero-order chi connectivity index (χ0) is 19.4. The van der Waals surface area contributed by atoms with E-state index in [1.807, 2.05) is 60.2 Å².